The van der Waals surface area contributed by atoms with Crippen LogP contribution >= 0.6 is 28.4 Å². The topological polar surface area (TPSA) is 122 Å². The van der Waals surface area contributed by atoms with Gasteiger partial charge in [-0.1, -0.05) is 19.9 Å². The fourth-order valence-corrected chi connectivity index (χ4v) is 7.18. The summed E-state index contributed by atoms with van der Waals surface area (Å²) in [6.45, 7) is 12.8. The van der Waals surface area contributed by atoms with Gasteiger partial charge in [-0.05, 0) is 86.0 Å². The molecule has 1 N–H and O–H groups in total. The van der Waals surface area contributed by atoms with Crippen LogP contribution in [-0.4, -0.2) is 83.2 Å². The molecule has 14 heteroatoms. The zero-order chi connectivity index (χ0) is 33.2. The van der Waals surface area contributed by atoms with Gasteiger partial charge in [-0.25, -0.2) is 18.6 Å². The van der Waals surface area contributed by atoms with Crippen LogP contribution < -0.4 is 9.47 Å². The van der Waals surface area contributed by atoms with E-state index in [-0.39, 0.29) is 12.6 Å². The molecule has 248 valence electrons. The molecule has 2 aliphatic heterocycles. The predicted octanol–water partition coefficient (Wildman–Crippen LogP) is 6.63. The smallest absolute Gasteiger partial charge is 0.410 e. The second kappa shape index (κ2) is 14.3. The summed E-state index contributed by atoms with van der Waals surface area (Å²) in [6, 6.07) is 5.95. The summed E-state index contributed by atoms with van der Waals surface area (Å²) in [5.74, 6) is 1.27. The molecule has 3 aromatic heterocycles. The van der Waals surface area contributed by atoms with Crippen molar-refractivity contribution < 1.29 is 24.1 Å². The van der Waals surface area contributed by atoms with Crippen LogP contribution in [0.3, 0.4) is 0 Å². The number of aromatic nitrogens is 6. The standard InChI is InChI=1S/C30H37IN7O5P.C2H6/c1-18-20-8-9-23-21-15-19(7-10-24(21)38(34-23)44-31)22-16-32-35(5)27(22)41-13-6-14-42-28(20)37(33-18)25-11-12-36(17-26(25)39)29(40)43-30(2,3)4;1-2/h7-10,15-16,25-26,39,44H,6,11-14,17H2,1-5H3;1-2H3/b9-8+;/t25-,26?;/m0./s1. The van der Waals surface area contributed by atoms with E-state index < -0.39 is 17.8 Å². The van der Waals surface area contributed by atoms with Crippen LogP contribution in [0, 0.1) is 6.92 Å². The number of β-amino-alcohol motifs (C(OH)–C–C–N with tert-alkyl or cyclic N) is 1. The van der Waals surface area contributed by atoms with E-state index in [2.05, 4.69) is 45.3 Å². The predicted molar refractivity (Wildman–Crippen MR) is 190 cm³/mol. The molecular formula is C32H43IN7O5P. The van der Waals surface area contributed by atoms with Crippen LogP contribution in [-0.2, 0) is 11.8 Å². The quantitative estimate of drug-likeness (QED) is 0.179. The van der Waals surface area contributed by atoms with Crippen molar-refractivity contribution in [2.45, 2.75) is 72.1 Å². The molecule has 0 radical (unpaired) electrons. The molecule has 3 atom stereocenters. The minimum Gasteiger partial charge on any atom is -0.477 e. The highest BCUT2D eigenvalue weighted by Crippen LogP contribution is 2.38. The van der Waals surface area contributed by atoms with Gasteiger partial charge in [-0.3, -0.25) is 0 Å². The molecule has 2 unspecified atom stereocenters. The molecule has 0 spiro atoms. The van der Waals surface area contributed by atoms with Crippen molar-refractivity contribution >= 4 is 57.6 Å². The molecule has 46 heavy (non-hydrogen) atoms. The Bertz CT molecular complexity index is 1720. The number of aliphatic hydroxyl groups is 1. The SMILES string of the molecule is CC.Cc1nn([C@H]2CCN(C(=O)OC(C)(C)C)CC2O)c2c1/C=C/c1nn(PI)c3ccc(cc13)-c1cnn(C)c1OCCCO2. The first kappa shape index (κ1) is 34.2. The second-order valence-electron chi connectivity index (χ2n) is 12.1. The van der Waals surface area contributed by atoms with Crippen molar-refractivity contribution in [1.29, 1.82) is 0 Å². The number of aryl methyl sites for hydroxylation is 2. The summed E-state index contributed by atoms with van der Waals surface area (Å²) in [6.07, 6.45) is 6.12. The normalized spacial score (nSPS) is 19.4. The molecule has 2 aliphatic rings. The maximum Gasteiger partial charge on any atom is 0.410 e. The molecule has 12 nitrogen and oxygen atoms in total. The van der Waals surface area contributed by atoms with E-state index in [1.807, 2.05) is 71.4 Å². The Morgan fingerprint density at radius 2 is 1.87 bits per heavy atom. The number of piperidine rings is 1. The lowest BCUT2D eigenvalue weighted by Gasteiger charge is -2.37. The van der Waals surface area contributed by atoms with E-state index in [0.29, 0.717) is 50.7 Å². The first-order valence-electron chi connectivity index (χ1n) is 15.6. The summed E-state index contributed by atoms with van der Waals surface area (Å²) in [5.41, 5.74) is 4.79. The first-order valence-corrected chi connectivity index (χ1v) is 19.7. The Morgan fingerprint density at radius 1 is 1.13 bits per heavy atom. The van der Waals surface area contributed by atoms with Gasteiger partial charge >= 0.3 is 6.09 Å². The van der Waals surface area contributed by atoms with Crippen molar-refractivity contribution in [2.24, 2.45) is 7.05 Å². The average molecular weight is 764 g/mol. The third-order valence-corrected chi connectivity index (χ3v) is 9.63. The zero-order valence-electron chi connectivity index (χ0n) is 27.5. The lowest BCUT2D eigenvalue weighted by molar-refractivity contribution is -0.0131. The Balaban J connectivity index is 0.00000204. The molecule has 2 bridgehead atoms. The van der Waals surface area contributed by atoms with Crippen LogP contribution in [0.1, 0.15) is 70.5 Å². The van der Waals surface area contributed by atoms with E-state index >= 15 is 0 Å². The molecule has 5 heterocycles. The molecule has 6 rings (SSSR count). The Labute approximate surface area is 284 Å². The summed E-state index contributed by atoms with van der Waals surface area (Å²) >= 11 is 2.34. The molecule has 0 saturated carbocycles. The van der Waals surface area contributed by atoms with Gasteiger partial charge in [0.1, 0.15) is 5.60 Å². The van der Waals surface area contributed by atoms with Crippen molar-refractivity contribution in [3.63, 3.8) is 0 Å². The minimum atomic E-state index is -0.849. The summed E-state index contributed by atoms with van der Waals surface area (Å²) in [4.78, 5) is 14.2. The number of amides is 1. The number of carbonyl (C=O) groups is 1. The maximum absolute atomic E-state index is 12.7. The van der Waals surface area contributed by atoms with Gasteiger partial charge in [-0.2, -0.15) is 15.3 Å². The number of hydrogen-bond donors (Lipinski definition) is 1. The highest BCUT2D eigenvalue weighted by molar-refractivity contribution is 14.2. The summed E-state index contributed by atoms with van der Waals surface area (Å²) in [7, 11) is 1.87. The second-order valence-corrected chi connectivity index (χ2v) is 14.1. The number of carbonyl (C=O) groups excluding carboxylic acids is 1. The molecule has 0 aliphatic carbocycles. The summed E-state index contributed by atoms with van der Waals surface area (Å²) < 4.78 is 23.7. The van der Waals surface area contributed by atoms with Crippen LogP contribution in [0.15, 0.2) is 24.4 Å². The molecule has 1 aromatic carbocycles. The lowest BCUT2D eigenvalue weighted by Crippen LogP contribution is -2.48. The van der Waals surface area contributed by atoms with E-state index in [1.54, 1.807) is 14.3 Å². The van der Waals surface area contributed by atoms with Gasteiger partial charge in [0.2, 0.25) is 11.8 Å². The van der Waals surface area contributed by atoms with Gasteiger partial charge in [0.25, 0.3) is 0 Å². The van der Waals surface area contributed by atoms with Crippen molar-refractivity contribution in [1.82, 2.24) is 34.0 Å². The Kier molecular flexibility index (Phi) is 10.6. The van der Waals surface area contributed by atoms with Crippen molar-refractivity contribution in [3.8, 4) is 22.9 Å². The lowest BCUT2D eigenvalue weighted by atomic mass is 10.0. The number of halogens is 1. The summed E-state index contributed by atoms with van der Waals surface area (Å²) in [5, 5.41) is 26.5. The molecule has 1 saturated heterocycles. The highest BCUT2D eigenvalue weighted by atomic mass is 127. The maximum atomic E-state index is 12.7. The van der Waals surface area contributed by atoms with Gasteiger partial charge in [0, 0.05) is 25.4 Å². The van der Waals surface area contributed by atoms with Crippen LogP contribution in [0.2, 0.25) is 0 Å². The van der Waals surface area contributed by atoms with Gasteiger partial charge < -0.3 is 24.2 Å². The first-order chi connectivity index (χ1) is 22.0. The highest BCUT2D eigenvalue weighted by Gasteiger charge is 2.36. The molecular weight excluding hydrogens is 720 g/mol. The van der Waals surface area contributed by atoms with E-state index in [9.17, 15) is 9.90 Å². The van der Waals surface area contributed by atoms with E-state index in [0.717, 1.165) is 39.0 Å². The number of hydrogen-bond acceptors (Lipinski definition) is 8. The third-order valence-electron chi connectivity index (χ3n) is 7.76. The largest absolute Gasteiger partial charge is 0.477 e. The van der Waals surface area contributed by atoms with E-state index in [1.165, 1.54) is 0 Å². The van der Waals surface area contributed by atoms with E-state index in [4.69, 9.17) is 24.4 Å². The average Bonchev–Trinajstić information content (AvgIpc) is 3.67. The Morgan fingerprint density at radius 3 is 2.57 bits per heavy atom. The number of aliphatic hydroxyl groups excluding tert-OH is 1. The fraction of sp³-hybridized carbons (Fsp3) is 0.500. The van der Waals surface area contributed by atoms with Crippen LogP contribution in [0.4, 0.5) is 4.79 Å². The third kappa shape index (κ3) is 7.06. The van der Waals surface area contributed by atoms with Crippen molar-refractivity contribution in [2.75, 3.05) is 26.3 Å². The minimum absolute atomic E-state index is 0.146. The fourth-order valence-electron chi connectivity index (χ4n) is 5.65. The molecule has 4 aromatic rings. The number of rotatable bonds is 2. The van der Waals surface area contributed by atoms with Gasteiger partial charge in [0.05, 0.1) is 72.5 Å². The van der Waals surface area contributed by atoms with Gasteiger partial charge in [0.15, 0.2) is 0 Å². The number of benzene rings is 1. The number of ether oxygens (including phenoxy) is 3. The monoisotopic (exact) mass is 763 g/mol. The Hall–Kier alpha value is -3.16. The number of fused-ring (bicyclic) bond motifs is 4. The molecule has 1 amide bonds. The molecule has 1 fully saturated rings. The number of nitrogens with zero attached hydrogens (tertiary/aromatic N) is 7. The zero-order valence-corrected chi connectivity index (χ0v) is 30.6. The number of likely N-dealkylation sites (tertiary alicyclic amines) is 1. The van der Waals surface area contributed by atoms with Gasteiger partial charge in [-0.15, -0.1) is 0 Å². The van der Waals surface area contributed by atoms with Crippen LogP contribution in [0.5, 0.6) is 11.8 Å². The van der Waals surface area contributed by atoms with Crippen LogP contribution in [0.25, 0.3) is 34.2 Å². The van der Waals surface area contributed by atoms with Crippen molar-refractivity contribution in [3.05, 3.63) is 41.3 Å².